The first-order chi connectivity index (χ1) is 13.0. The van der Waals surface area contributed by atoms with Crippen molar-refractivity contribution in [3.8, 4) is 0 Å². The van der Waals surface area contributed by atoms with Gasteiger partial charge in [0.15, 0.2) is 0 Å². The van der Waals surface area contributed by atoms with Crippen LogP contribution in [0.5, 0.6) is 0 Å². The fourth-order valence-corrected chi connectivity index (χ4v) is 6.98. The van der Waals surface area contributed by atoms with Gasteiger partial charge in [-0.2, -0.15) is 0 Å². The molecule has 1 amide bonds. The topological polar surface area (TPSA) is 66.5 Å². The minimum absolute atomic E-state index is 0.0826. The van der Waals surface area contributed by atoms with Crippen molar-refractivity contribution in [2.45, 2.75) is 23.1 Å². The zero-order valence-electron chi connectivity index (χ0n) is 14.2. The lowest BCUT2D eigenvalue weighted by atomic mass is 10.1. The number of amides is 1. The fourth-order valence-electron chi connectivity index (χ4n) is 3.19. The van der Waals surface area contributed by atoms with Crippen LogP contribution in [0.2, 0.25) is 5.02 Å². The number of hydrogen-bond acceptors (Lipinski definition) is 5. The van der Waals surface area contributed by atoms with Gasteiger partial charge < -0.3 is 4.90 Å². The monoisotopic (exact) mass is 440 g/mol. The van der Waals surface area contributed by atoms with E-state index >= 15 is 0 Å². The number of sulfonamides is 1. The summed E-state index contributed by atoms with van der Waals surface area (Å²) in [5, 5.41) is 3.14. The summed E-state index contributed by atoms with van der Waals surface area (Å²) in [4.78, 5) is 15.2. The second-order valence-electron chi connectivity index (χ2n) is 6.36. The van der Waals surface area contributed by atoms with Gasteiger partial charge in [0.1, 0.15) is 9.09 Å². The van der Waals surface area contributed by atoms with E-state index in [1.807, 2.05) is 24.3 Å². The van der Waals surface area contributed by atoms with Crippen molar-refractivity contribution >= 4 is 60.3 Å². The lowest BCUT2D eigenvalue weighted by Crippen LogP contribution is -2.46. The number of thiophene rings is 2. The van der Waals surface area contributed by atoms with Crippen molar-refractivity contribution in [3.05, 3.63) is 51.7 Å². The number of fused-ring (bicyclic) bond motifs is 1. The first-order valence-electron chi connectivity index (χ1n) is 8.48. The van der Waals surface area contributed by atoms with Gasteiger partial charge in [0, 0.05) is 29.2 Å². The lowest BCUT2D eigenvalue weighted by Gasteiger charge is -2.32. The van der Waals surface area contributed by atoms with E-state index in [4.69, 9.17) is 11.6 Å². The highest BCUT2D eigenvalue weighted by Gasteiger charge is 2.29. The van der Waals surface area contributed by atoms with Gasteiger partial charge in [-0.25, -0.2) is 13.1 Å². The van der Waals surface area contributed by atoms with Crippen LogP contribution in [0.3, 0.4) is 0 Å². The predicted octanol–water partition coefficient (Wildman–Crippen LogP) is 4.20. The summed E-state index contributed by atoms with van der Waals surface area (Å²) in [6.45, 7) is 1.00. The average Bonchev–Trinajstić information content (AvgIpc) is 3.31. The Labute approximate surface area is 170 Å². The van der Waals surface area contributed by atoms with Gasteiger partial charge in [-0.05, 0) is 30.4 Å². The molecule has 1 aliphatic rings. The summed E-state index contributed by atoms with van der Waals surface area (Å²) in [5.74, 6) is -0.0826. The highest BCUT2D eigenvalue weighted by Crippen LogP contribution is 2.36. The molecule has 0 radical (unpaired) electrons. The highest BCUT2D eigenvalue weighted by atomic mass is 35.5. The van der Waals surface area contributed by atoms with Crippen LogP contribution in [0.25, 0.3) is 10.1 Å². The third-order valence-corrected chi connectivity index (χ3v) is 9.17. The van der Waals surface area contributed by atoms with Crippen LogP contribution in [0, 0.1) is 0 Å². The van der Waals surface area contributed by atoms with E-state index in [2.05, 4.69) is 4.72 Å². The van der Waals surface area contributed by atoms with E-state index in [0.717, 1.165) is 10.1 Å². The van der Waals surface area contributed by atoms with E-state index in [9.17, 15) is 13.2 Å². The largest absolute Gasteiger partial charge is 0.338 e. The molecule has 3 heterocycles. The molecule has 1 fully saturated rings. The second kappa shape index (κ2) is 7.52. The summed E-state index contributed by atoms with van der Waals surface area (Å²) in [6, 6.07) is 10.8. The van der Waals surface area contributed by atoms with Gasteiger partial charge in [0.2, 0.25) is 10.0 Å². The molecular formula is C18H17ClN2O3S3. The van der Waals surface area contributed by atoms with Crippen molar-refractivity contribution in [1.82, 2.24) is 9.62 Å². The van der Waals surface area contributed by atoms with Crippen molar-refractivity contribution in [2.24, 2.45) is 0 Å². The smallest absolute Gasteiger partial charge is 0.265 e. The lowest BCUT2D eigenvalue weighted by molar-refractivity contribution is 0.0716. The number of hydrogen-bond donors (Lipinski definition) is 1. The van der Waals surface area contributed by atoms with Crippen LogP contribution in [-0.4, -0.2) is 38.4 Å². The number of nitrogens with one attached hydrogen (secondary N) is 1. The van der Waals surface area contributed by atoms with Crippen LogP contribution in [0.15, 0.2) is 46.0 Å². The Balaban J connectivity index is 1.43. The van der Waals surface area contributed by atoms with Gasteiger partial charge in [-0.1, -0.05) is 35.9 Å². The van der Waals surface area contributed by atoms with Crippen LogP contribution < -0.4 is 4.72 Å². The van der Waals surface area contributed by atoms with Gasteiger partial charge >= 0.3 is 0 Å². The minimum Gasteiger partial charge on any atom is -0.338 e. The quantitative estimate of drug-likeness (QED) is 0.661. The molecule has 0 atom stereocenters. The van der Waals surface area contributed by atoms with E-state index in [0.29, 0.717) is 40.0 Å². The molecule has 1 aliphatic heterocycles. The second-order valence-corrected chi connectivity index (χ2v) is 10.7. The normalized spacial score (nSPS) is 16.1. The average molecular weight is 441 g/mol. The van der Waals surface area contributed by atoms with Gasteiger partial charge in [-0.3, -0.25) is 4.79 Å². The number of nitrogens with zero attached hydrogens (tertiary/aromatic N) is 1. The van der Waals surface area contributed by atoms with E-state index < -0.39 is 10.0 Å². The maximum Gasteiger partial charge on any atom is 0.265 e. The van der Waals surface area contributed by atoms with Crippen molar-refractivity contribution < 1.29 is 13.2 Å². The van der Waals surface area contributed by atoms with Crippen molar-refractivity contribution in [1.29, 1.82) is 0 Å². The maximum absolute atomic E-state index is 12.9. The summed E-state index contributed by atoms with van der Waals surface area (Å²) in [5.41, 5.74) is 0. The number of likely N-dealkylation sites (tertiary alicyclic amines) is 1. The Morgan fingerprint density at radius 2 is 1.89 bits per heavy atom. The van der Waals surface area contributed by atoms with Crippen LogP contribution in [0.1, 0.15) is 22.5 Å². The maximum atomic E-state index is 12.9. The Hall–Kier alpha value is -1.45. The Morgan fingerprint density at radius 3 is 2.56 bits per heavy atom. The minimum atomic E-state index is -3.48. The predicted molar refractivity (Wildman–Crippen MR) is 110 cm³/mol. The molecule has 3 aromatic rings. The molecule has 0 spiro atoms. The zero-order chi connectivity index (χ0) is 19.0. The first kappa shape index (κ1) is 18.9. The van der Waals surface area contributed by atoms with E-state index in [1.165, 1.54) is 22.7 Å². The Morgan fingerprint density at radius 1 is 1.15 bits per heavy atom. The molecule has 142 valence electrons. The number of rotatable bonds is 4. The highest BCUT2D eigenvalue weighted by molar-refractivity contribution is 7.91. The van der Waals surface area contributed by atoms with Crippen LogP contribution in [0.4, 0.5) is 0 Å². The number of halogens is 1. The molecule has 5 nitrogen and oxygen atoms in total. The number of benzene rings is 1. The Bertz CT molecular complexity index is 1070. The fraction of sp³-hybridized carbons (Fsp3) is 0.278. The van der Waals surface area contributed by atoms with E-state index in [-0.39, 0.29) is 11.9 Å². The van der Waals surface area contributed by atoms with Crippen LogP contribution >= 0.6 is 34.3 Å². The molecule has 4 rings (SSSR count). The molecule has 0 aliphatic carbocycles. The summed E-state index contributed by atoms with van der Waals surface area (Å²) >= 11 is 9.01. The molecule has 0 saturated carbocycles. The third kappa shape index (κ3) is 3.77. The molecule has 0 unspecified atom stereocenters. The third-order valence-electron chi connectivity index (χ3n) is 4.59. The number of carbonyl (C=O) groups is 1. The van der Waals surface area contributed by atoms with Crippen molar-refractivity contribution in [3.63, 3.8) is 0 Å². The number of carbonyl (C=O) groups excluding carboxylic acids is 1. The zero-order valence-corrected chi connectivity index (χ0v) is 17.4. The molecule has 1 saturated heterocycles. The van der Waals surface area contributed by atoms with E-state index in [1.54, 1.807) is 22.4 Å². The molecule has 2 aromatic heterocycles. The molecular weight excluding hydrogens is 424 g/mol. The standard InChI is InChI=1S/C18H17ClN2O3S3/c19-16-13-4-1-2-5-14(13)26-17(16)18(22)21-9-7-12(8-10-21)20-27(23,24)15-6-3-11-25-15/h1-6,11-12,20H,7-10H2. The molecule has 1 N–H and O–H groups in total. The van der Waals surface area contributed by atoms with Gasteiger partial charge in [0.05, 0.1) is 5.02 Å². The van der Waals surface area contributed by atoms with Gasteiger partial charge in [0.25, 0.3) is 5.91 Å². The SMILES string of the molecule is O=C(c1sc2ccccc2c1Cl)N1CCC(NS(=O)(=O)c2cccs2)CC1. The summed E-state index contributed by atoms with van der Waals surface area (Å²) in [7, 11) is -3.48. The van der Waals surface area contributed by atoms with Crippen molar-refractivity contribution in [2.75, 3.05) is 13.1 Å². The molecule has 27 heavy (non-hydrogen) atoms. The molecule has 0 bridgehead atoms. The number of piperidine rings is 1. The first-order valence-corrected chi connectivity index (χ1v) is 12.0. The summed E-state index contributed by atoms with van der Waals surface area (Å²) < 4.78 is 28.7. The van der Waals surface area contributed by atoms with Crippen LogP contribution in [-0.2, 0) is 10.0 Å². The molecule has 1 aromatic carbocycles. The van der Waals surface area contributed by atoms with Gasteiger partial charge in [-0.15, -0.1) is 22.7 Å². The Kier molecular flexibility index (Phi) is 5.26. The molecule has 9 heteroatoms. The summed E-state index contributed by atoms with van der Waals surface area (Å²) in [6.07, 6.45) is 1.16.